The van der Waals surface area contributed by atoms with Crippen molar-refractivity contribution in [2.24, 2.45) is 0 Å². The molecule has 2 aliphatic heterocycles. The minimum absolute atomic E-state index is 0.0470. The zero-order valence-corrected chi connectivity index (χ0v) is 8.82. The normalized spacial score (nSPS) is 17.6. The number of likely N-dealkylation sites (N-methyl/N-ethyl adjacent to an activating group) is 1. The molecule has 0 saturated heterocycles. The van der Waals surface area contributed by atoms with Crippen molar-refractivity contribution in [1.82, 2.24) is 4.90 Å². The average molecular weight is 221 g/mol. The van der Waals surface area contributed by atoms with Crippen LogP contribution in [0.2, 0.25) is 0 Å². The Kier molecular flexibility index (Phi) is 1.77. The lowest BCUT2D eigenvalue weighted by atomic mass is 9.97. The second-order valence-electron chi connectivity index (χ2n) is 4.02. The Morgan fingerprint density at radius 1 is 1.44 bits per heavy atom. The van der Waals surface area contributed by atoms with Crippen LogP contribution in [0.3, 0.4) is 0 Å². The first-order valence-electron chi connectivity index (χ1n) is 5.04. The number of ether oxygens (including phenoxy) is 2. The van der Waals surface area contributed by atoms with Gasteiger partial charge in [0, 0.05) is 19.2 Å². The SMILES string of the molecule is CN1Cc2c(cc3c(c2O)OCO3)CC1=O. The van der Waals surface area contributed by atoms with Gasteiger partial charge in [0.15, 0.2) is 11.5 Å². The van der Waals surface area contributed by atoms with Crippen molar-refractivity contribution in [2.45, 2.75) is 13.0 Å². The highest BCUT2D eigenvalue weighted by atomic mass is 16.7. The van der Waals surface area contributed by atoms with Crippen LogP contribution >= 0.6 is 0 Å². The van der Waals surface area contributed by atoms with Gasteiger partial charge in [0.05, 0.1) is 6.42 Å². The second-order valence-corrected chi connectivity index (χ2v) is 4.02. The quantitative estimate of drug-likeness (QED) is 0.698. The van der Waals surface area contributed by atoms with Crippen LogP contribution < -0.4 is 9.47 Å². The molecule has 2 heterocycles. The molecule has 0 spiro atoms. The first kappa shape index (κ1) is 9.33. The van der Waals surface area contributed by atoms with Crippen molar-refractivity contribution >= 4 is 5.91 Å². The first-order valence-corrected chi connectivity index (χ1v) is 5.04. The van der Waals surface area contributed by atoms with Gasteiger partial charge in [0.25, 0.3) is 0 Å². The number of phenolic OH excluding ortho intramolecular Hbond substituents is 1. The maximum Gasteiger partial charge on any atom is 0.231 e. The summed E-state index contributed by atoms with van der Waals surface area (Å²) in [5, 5.41) is 10.0. The topological polar surface area (TPSA) is 59.0 Å². The fourth-order valence-corrected chi connectivity index (χ4v) is 2.07. The number of nitrogens with zero attached hydrogens (tertiary/aromatic N) is 1. The number of phenols is 1. The van der Waals surface area contributed by atoms with E-state index in [2.05, 4.69) is 0 Å². The molecule has 1 amide bonds. The van der Waals surface area contributed by atoms with Gasteiger partial charge in [0.1, 0.15) is 0 Å². The molecule has 0 unspecified atom stereocenters. The van der Waals surface area contributed by atoms with E-state index in [1.54, 1.807) is 18.0 Å². The summed E-state index contributed by atoms with van der Waals surface area (Å²) in [5.74, 6) is 1.06. The minimum Gasteiger partial charge on any atom is -0.504 e. The van der Waals surface area contributed by atoms with E-state index in [1.165, 1.54) is 0 Å². The van der Waals surface area contributed by atoms with E-state index in [9.17, 15) is 9.90 Å². The highest BCUT2D eigenvalue weighted by Crippen LogP contribution is 2.45. The molecular formula is C11H11NO4. The number of fused-ring (bicyclic) bond motifs is 2. The zero-order valence-electron chi connectivity index (χ0n) is 8.82. The molecule has 2 aliphatic rings. The van der Waals surface area contributed by atoms with Crippen LogP contribution in [0.4, 0.5) is 0 Å². The number of hydrogen-bond acceptors (Lipinski definition) is 4. The first-order chi connectivity index (χ1) is 7.66. The molecule has 0 aliphatic carbocycles. The predicted molar refractivity (Wildman–Crippen MR) is 54.4 cm³/mol. The Morgan fingerprint density at radius 2 is 2.25 bits per heavy atom. The molecule has 0 saturated carbocycles. The predicted octanol–water partition coefficient (Wildman–Crippen LogP) is 0.635. The lowest BCUT2D eigenvalue weighted by Gasteiger charge is -2.25. The lowest BCUT2D eigenvalue weighted by Crippen LogP contribution is -2.32. The van der Waals surface area contributed by atoms with Gasteiger partial charge >= 0.3 is 0 Å². The molecule has 84 valence electrons. The smallest absolute Gasteiger partial charge is 0.231 e. The van der Waals surface area contributed by atoms with Gasteiger partial charge in [-0.05, 0) is 11.6 Å². The van der Waals surface area contributed by atoms with Crippen molar-refractivity contribution in [1.29, 1.82) is 0 Å². The largest absolute Gasteiger partial charge is 0.504 e. The van der Waals surface area contributed by atoms with E-state index in [-0.39, 0.29) is 18.4 Å². The van der Waals surface area contributed by atoms with E-state index >= 15 is 0 Å². The number of carbonyl (C=O) groups is 1. The van der Waals surface area contributed by atoms with Crippen LogP contribution in [0.15, 0.2) is 6.07 Å². The lowest BCUT2D eigenvalue weighted by molar-refractivity contribution is -0.130. The molecule has 0 bridgehead atoms. The summed E-state index contributed by atoms with van der Waals surface area (Å²) in [6.07, 6.45) is 0.302. The molecule has 0 radical (unpaired) electrons. The van der Waals surface area contributed by atoms with Crippen molar-refractivity contribution in [3.8, 4) is 17.2 Å². The van der Waals surface area contributed by atoms with Crippen molar-refractivity contribution in [3.63, 3.8) is 0 Å². The number of hydrogen-bond donors (Lipinski definition) is 1. The molecule has 3 rings (SSSR count). The minimum atomic E-state index is 0.0470. The Balaban J connectivity index is 2.16. The van der Waals surface area contributed by atoms with Crippen LogP contribution in [0.5, 0.6) is 17.2 Å². The fourth-order valence-electron chi connectivity index (χ4n) is 2.07. The molecule has 5 nitrogen and oxygen atoms in total. The summed E-state index contributed by atoms with van der Waals surface area (Å²) in [7, 11) is 1.72. The third kappa shape index (κ3) is 1.14. The zero-order chi connectivity index (χ0) is 11.3. The Bertz CT molecular complexity index is 483. The van der Waals surface area contributed by atoms with E-state index in [0.717, 1.165) is 11.1 Å². The summed E-state index contributed by atoms with van der Waals surface area (Å²) in [5.41, 5.74) is 1.58. The monoisotopic (exact) mass is 221 g/mol. The summed E-state index contributed by atoms with van der Waals surface area (Å²) in [6.45, 7) is 0.534. The van der Waals surface area contributed by atoms with Gasteiger partial charge < -0.3 is 19.5 Å². The summed E-state index contributed by atoms with van der Waals surface area (Å²) in [4.78, 5) is 13.1. The van der Waals surface area contributed by atoms with Crippen LogP contribution in [-0.2, 0) is 17.8 Å². The van der Waals surface area contributed by atoms with Crippen LogP contribution in [-0.4, -0.2) is 29.8 Å². The van der Waals surface area contributed by atoms with Crippen LogP contribution in [0.1, 0.15) is 11.1 Å². The molecule has 1 N–H and O–H groups in total. The molecule has 0 fully saturated rings. The maximum absolute atomic E-state index is 11.5. The van der Waals surface area contributed by atoms with Gasteiger partial charge in [-0.1, -0.05) is 0 Å². The Hall–Kier alpha value is -1.91. The number of aromatic hydroxyl groups is 1. The average Bonchev–Trinajstić information content (AvgIpc) is 2.70. The molecule has 1 aromatic carbocycles. The standard InChI is InChI=1S/C11H11NO4/c1-12-4-7-6(3-9(12)13)2-8-11(10(7)14)16-5-15-8/h2,14H,3-5H2,1H3. The highest BCUT2D eigenvalue weighted by molar-refractivity contribution is 5.82. The van der Waals surface area contributed by atoms with Crippen molar-refractivity contribution in [3.05, 3.63) is 17.2 Å². The molecule has 0 atom stereocenters. The summed E-state index contributed by atoms with van der Waals surface area (Å²) >= 11 is 0. The maximum atomic E-state index is 11.5. The van der Waals surface area contributed by atoms with Gasteiger partial charge in [-0.25, -0.2) is 0 Å². The number of carbonyl (C=O) groups excluding carboxylic acids is 1. The molecule has 1 aromatic rings. The molecule has 0 aromatic heterocycles. The third-order valence-electron chi connectivity index (χ3n) is 3.00. The Morgan fingerprint density at radius 3 is 3.06 bits per heavy atom. The molecule has 5 heteroatoms. The number of rotatable bonds is 0. The van der Waals surface area contributed by atoms with E-state index < -0.39 is 0 Å². The van der Waals surface area contributed by atoms with E-state index in [4.69, 9.17) is 9.47 Å². The van der Waals surface area contributed by atoms with E-state index in [1.807, 2.05) is 0 Å². The van der Waals surface area contributed by atoms with Gasteiger partial charge in [-0.3, -0.25) is 4.79 Å². The van der Waals surface area contributed by atoms with Gasteiger partial charge in [-0.2, -0.15) is 0 Å². The van der Waals surface area contributed by atoms with Gasteiger partial charge in [-0.15, -0.1) is 0 Å². The fraction of sp³-hybridized carbons (Fsp3) is 0.364. The van der Waals surface area contributed by atoms with E-state index in [0.29, 0.717) is 24.5 Å². The molecular weight excluding hydrogens is 210 g/mol. The second kappa shape index (κ2) is 3.04. The summed E-state index contributed by atoms with van der Waals surface area (Å²) < 4.78 is 10.4. The number of benzene rings is 1. The molecule has 16 heavy (non-hydrogen) atoms. The number of amides is 1. The van der Waals surface area contributed by atoms with Crippen LogP contribution in [0.25, 0.3) is 0 Å². The van der Waals surface area contributed by atoms with Gasteiger partial charge in [0.2, 0.25) is 18.4 Å². The highest BCUT2D eigenvalue weighted by Gasteiger charge is 2.29. The summed E-state index contributed by atoms with van der Waals surface area (Å²) in [6, 6.07) is 1.78. The Labute approximate surface area is 92.2 Å². The third-order valence-corrected chi connectivity index (χ3v) is 3.00. The van der Waals surface area contributed by atoms with Crippen molar-refractivity contribution < 1.29 is 19.4 Å². The van der Waals surface area contributed by atoms with Crippen LogP contribution in [0, 0.1) is 0 Å². The van der Waals surface area contributed by atoms with Crippen molar-refractivity contribution in [2.75, 3.05) is 13.8 Å².